The molecule has 0 aliphatic heterocycles. The molecule has 26 heavy (non-hydrogen) atoms. The molecule has 0 saturated carbocycles. The summed E-state index contributed by atoms with van der Waals surface area (Å²) in [5.41, 5.74) is 1.91. The van der Waals surface area contributed by atoms with Gasteiger partial charge in [-0.2, -0.15) is 0 Å². The van der Waals surface area contributed by atoms with E-state index >= 15 is 0 Å². The van der Waals surface area contributed by atoms with Gasteiger partial charge in [0.25, 0.3) is 5.91 Å². The third-order valence-corrected chi connectivity index (χ3v) is 4.05. The molecule has 0 aliphatic carbocycles. The van der Waals surface area contributed by atoms with E-state index in [9.17, 15) is 4.79 Å². The van der Waals surface area contributed by atoms with Crippen molar-refractivity contribution in [2.24, 2.45) is 0 Å². The Bertz CT molecular complexity index is 748. The second-order valence-corrected chi connectivity index (χ2v) is 7.09. The van der Waals surface area contributed by atoms with Gasteiger partial charge in [-0.05, 0) is 42.2 Å². The number of methoxy groups -OCH3 is 2. The molecule has 5 nitrogen and oxygen atoms in total. The lowest BCUT2D eigenvalue weighted by Gasteiger charge is -2.20. The van der Waals surface area contributed by atoms with Crippen LogP contribution in [-0.2, 0) is 10.2 Å². The number of anilines is 1. The van der Waals surface area contributed by atoms with Crippen LogP contribution in [0.4, 0.5) is 5.69 Å². The molecular formula is C21H27NO4. The topological polar surface area (TPSA) is 56.8 Å². The summed E-state index contributed by atoms with van der Waals surface area (Å²) in [6.07, 6.45) is -0.636. The van der Waals surface area contributed by atoms with Crippen molar-refractivity contribution in [3.05, 3.63) is 48.0 Å². The van der Waals surface area contributed by atoms with E-state index in [2.05, 4.69) is 26.1 Å². The lowest BCUT2D eigenvalue weighted by atomic mass is 9.87. The normalized spacial score (nSPS) is 12.2. The van der Waals surface area contributed by atoms with Gasteiger partial charge in [0.2, 0.25) is 0 Å². The Kier molecular flexibility index (Phi) is 6.14. The van der Waals surface area contributed by atoms with Crippen LogP contribution in [0, 0.1) is 0 Å². The van der Waals surface area contributed by atoms with Gasteiger partial charge >= 0.3 is 0 Å². The molecule has 0 aliphatic rings. The Balaban J connectivity index is 2.01. The minimum absolute atomic E-state index is 0.0783. The van der Waals surface area contributed by atoms with Gasteiger partial charge in [0.15, 0.2) is 17.6 Å². The first-order valence-corrected chi connectivity index (χ1v) is 8.54. The van der Waals surface area contributed by atoms with Crippen LogP contribution in [-0.4, -0.2) is 26.2 Å². The first kappa shape index (κ1) is 19.6. The highest BCUT2D eigenvalue weighted by atomic mass is 16.5. The van der Waals surface area contributed by atoms with Crippen molar-refractivity contribution in [1.29, 1.82) is 0 Å². The molecule has 2 rings (SSSR count). The SMILES string of the molecule is COc1ccc(NC(=O)[C@H](C)Oc2ccc(C(C)(C)C)cc2)cc1OC. The third-order valence-electron chi connectivity index (χ3n) is 4.05. The fourth-order valence-corrected chi connectivity index (χ4v) is 2.45. The molecule has 0 spiro atoms. The van der Waals surface area contributed by atoms with E-state index in [1.54, 1.807) is 39.3 Å². The highest BCUT2D eigenvalue weighted by Crippen LogP contribution is 2.30. The Hall–Kier alpha value is -2.69. The molecule has 0 radical (unpaired) electrons. The Labute approximate surface area is 155 Å². The maximum Gasteiger partial charge on any atom is 0.265 e. The van der Waals surface area contributed by atoms with Crippen molar-refractivity contribution < 1.29 is 19.0 Å². The summed E-state index contributed by atoms with van der Waals surface area (Å²) >= 11 is 0. The Morgan fingerprint density at radius 2 is 1.58 bits per heavy atom. The predicted octanol–water partition coefficient (Wildman–Crippen LogP) is 4.41. The molecule has 2 aromatic carbocycles. The lowest BCUT2D eigenvalue weighted by molar-refractivity contribution is -0.122. The van der Waals surface area contributed by atoms with E-state index in [1.807, 2.05) is 24.3 Å². The number of hydrogen-bond donors (Lipinski definition) is 1. The van der Waals surface area contributed by atoms with Crippen LogP contribution < -0.4 is 19.5 Å². The van der Waals surface area contributed by atoms with Gasteiger partial charge in [0.05, 0.1) is 14.2 Å². The predicted molar refractivity (Wildman–Crippen MR) is 103 cm³/mol. The van der Waals surface area contributed by atoms with E-state index < -0.39 is 6.10 Å². The minimum atomic E-state index is -0.636. The second kappa shape index (κ2) is 8.13. The number of rotatable bonds is 6. The Morgan fingerprint density at radius 1 is 0.962 bits per heavy atom. The zero-order valence-corrected chi connectivity index (χ0v) is 16.3. The van der Waals surface area contributed by atoms with Gasteiger partial charge < -0.3 is 19.5 Å². The minimum Gasteiger partial charge on any atom is -0.493 e. The third kappa shape index (κ3) is 4.91. The summed E-state index contributed by atoms with van der Waals surface area (Å²) < 4.78 is 16.2. The summed E-state index contributed by atoms with van der Waals surface area (Å²) in [4.78, 5) is 12.4. The van der Waals surface area contributed by atoms with Gasteiger partial charge in [0.1, 0.15) is 5.75 Å². The monoisotopic (exact) mass is 357 g/mol. The lowest BCUT2D eigenvalue weighted by Crippen LogP contribution is -2.30. The maximum atomic E-state index is 12.4. The van der Waals surface area contributed by atoms with Crippen molar-refractivity contribution in [2.75, 3.05) is 19.5 Å². The van der Waals surface area contributed by atoms with Crippen molar-refractivity contribution in [2.45, 2.75) is 39.2 Å². The molecular weight excluding hydrogens is 330 g/mol. The van der Waals surface area contributed by atoms with Crippen LogP contribution >= 0.6 is 0 Å². The van der Waals surface area contributed by atoms with E-state index in [0.717, 1.165) is 0 Å². The molecule has 0 heterocycles. The van der Waals surface area contributed by atoms with Crippen LogP contribution in [0.15, 0.2) is 42.5 Å². The molecule has 140 valence electrons. The van der Waals surface area contributed by atoms with Crippen molar-refractivity contribution in [3.8, 4) is 17.2 Å². The summed E-state index contributed by atoms with van der Waals surface area (Å²) in [5.74, 6) is 1.58. The number of benzene rings is 2. The fourth-order valence-electron chi connectivity index (χ4n) is 2.45. The quantitative estimate of drug-likeness (QED) is 0.832. The fraction of sp³-hybridized carbons (Fsp3) is 0.381. The van der Waals surface area contributed by atoms with Crippen LogP contribution in [0.25, 0.3) is 0 Å². The van der Waals surface area contributed by atoms with Crippen LogP contribution in [0.1, 0.15) is 33.3 Å². The molecule has 2 aromatic rings. The van der Waals surface area contributed by atoms with Gasteiger partial charge in [-0.3, -0.25) is 4.79 Å². The highest BCUT2D eigenvalue weighted by Gasteiger charge is 2.17. The van der Waals surface area contributed by atoms with Gasteiger partial charge in [-0.1, -0.05) is 32.9 Å². The van der Waals surface area contributed by atoms with Crippen molar-refractivity contribution >= 4 is 11.6 Å². The van der Waals surface area contributed by atoms with Crippen LogP contribution in [0.5, 0.6) is 17.2 Å². The van der Waals surface area contributed by atoms with Crippen molar-refractivity contribution in [3.63, 3.8) is 0 Å². The molecule has 1 atom stereocenters. The molecule has 5 heteroatoms. The maximum absolute atomic E-state index is 12.4. The zero-order chi connectivity index (χ0) is 19.3. The summed E-state index contributed by atoms with van der Waals surface area (Å²) in [6.45, 7) is 8.18. The second-order valence-electron chi connectivity index (χ2n) is 7.09. The number of hydrogen-bond acceptors (Lipinski definition) is 4. The number of nitrogens with one attached hydrogen (secondary N) is 1. The zero-order valence-electron chi connectivity index (χ0n) is 16.3. The van der Waals surface area contributed by atoms with Gasteiger partial charge in [-0.15, -0.1) is 0 Å². The van der Waals surface area contributed by atoms with E-state index in [1.165, 1.54) is 5.56 Å². The van der Waals surface area contributed by atoms with Gasteiger partial charge in [-0.25, -0.2) is 0 Å². The van der Waals surface area contributed by atoms with Crippen LogP contribution in [0.2, 0.25) is 0 Å². The molecule has 1 N–H and O–H groups in total. The smallest absolute Gasteiger partial charge is 0.265 e. The first-order valence-electron chi connectivity index (χ1n) is 8.54. The number of ether oxygens (including phenoxy) is 3. The average molecular weight is 357 g/mol. The standard InChI is InChI=1S/C21H27NO4/c1-14(26-17-10-7-15(8-11-17)21(2,3)4)20(23)22-16-9-12-18(24-5)19(13-16)25-6/h7-14H,1-6H3,(H,22,23)/t14-/m0/s1. The number of amides is 1. The molecule has 0 fully saturated rings. The molecule has 1 amide bonds. The number of carbonyl (C=O) groups excluding carboxylic acids is 1. The first-order chi connectivity index (χ1) is 12.2. The van der Waals surface area contributed by atoms with Crippen molar-refractivity contribution in [1.82, 2.24) is 0 Å². The van der Waals surface area contributed by atoms with E-state index in [0.29, 0.717) is 22.9 Å². The van der Waals surface area contributed by atoms with Gasteiger partial charge in [0, 0.05) is 11.8 Å². The molecule has 0 bridgehead atoms. The van der Waals surface area contributed by atoms with E-state index in [-0.39, 0.29) is 11.3 Å². The summed E-state index contributed by atoms with van der Waals surface area (Å²) in [6, 6.07) is 13.0. The largest absolute Gasteiger partial charge is 0.493 e. The average Bonchev–Trinajstić information content (AvgIpc) is 2.61. The summed E-state index contributed by atoms with van der Waals surface area (Å²) in [7, 11) is 3.12. The van der Waals surface area contributed by atoms with E-state index in [4.69, 9.17) is 14.2 Å². The molecule has 0 saturated heterocycles. The molecule has 0 aromatic heterocycles. The summed E-state index contributed by atoms with van der Waals surface area (Å²) in [5, 5.41) is 2.82. The molecule has 0 unspecified atom stereocenters. The number of carbonyl (C=O) groups is 1. The van der Waals surface area contributed by atoms with Crippen LogP contribution in [0.3, 0.4) is 0 Å². The highest BCUT2D eigenvalue weighted by molar-refractivity contribution is 5.94. The Morgan fingerprint density at radius 3 is 2.12 bits per heavy atom.